The minimum absolute atomic E-state index is 0.121. The number of hydrogen-bond donors (Lipinski definition) is 1. The molecule has 4 nitrogen and oxygen atoms in total. The van der Waals surface area contributed by atoms with Crippen LogP contribution in [0.5, 0.6) is 0 Å². The number of carbonyl (C=O) groups is 1. The third kappa shape index (κ3) is 3.80. The molecule has 0 spiro atoms. The molecule has 5 heteroatoms. The van der Waals surface area contributed by atoms with Crippen LogP contribution in [0.15, 0.2) is 54.6 Å². The highest BCUT2D eigenvalue weighted by atomic mass is 19.1. The second-order valence-corrected chi connectivity index (χ2v) is 6.00. The number of benzene rings is 2. The standard InChI is InChI=1S/C19H21FN2O2/c20-17-9-5-4-8-16(17)19(24)22-12-10-21(11-13-22)14-18(23)15-6-2-1-3-7-15/h1-9,18,23H,10-14H2. The smallest absolute Gasteiger partial charge is 0.256 e. The molecule has 0 bridgehead atoms. The predicted molar refractivity (Wildman–Crippen MR) is 90.1 cm³/mol. The zero-order chi connectivity index (χ0) is 16.9. The lowest BCUT2D eigenvalue weighted by molar-refractivity contribution is 0.0524. The summed E-state index contributed by atoms with van der Waals surface area (Å²) in [4.78, 5) is 16.2. The fourth-order valence-corrected chi connectivity index (χ4v) is 2.96. The van der Waals surface area contributed by atoms with Crippen LogP contribution in [-0.4, -0.2) is 53.5 Å². The van der Waals surface area contributed by atoms with E-state index in [-0.39, 0.29) is 11.5 Å². The van der Waals surface area contributed by atoms with Crippen LogP contribution in [-0.2, 0) is 0 Å². The molecule has 24 heavy (non-hydrogen) atoms. The predicted octanol–water partition coefficient (Wildman–Crippen LogP) is 2.32. The van der Waals surface area contributed by atoms with Crippen molar-refractivity contribution in [2.24, 2.45) is 0 Å². The molecule has 1 aliphatic heterocycles. The highest BCUT2D eigenvalue weighted by molar-refractivity contribution is 5.94. The number of piperazine rings is 1. The normalized spacial score (nSPS) is 16.8. The number of amides is 1. The molecule has 2 aromatic rings. The van der Waals surface area contributed by atoms with E-state index in [9.17, 15) is 14.3 Å². The molecule has 0 saturated carbocycles. The monoisotopic (exact) mass is 328 g/mol. The SMILES string of the molecule is O=C(c1ccccc1F)N1CCN(CC(O)c2ccccc2)CC1. The number of rotatable bonds is 4. The summed E-state index contributed by atoms with van der Waals surface area (Å²) in [6.07, 6.45) is -0.542. The molecule has 3 rings (SSSR count). The first-order valence-corrected chi connectivity index (χ1v) is 8.14. The Morgan fingerprint density at radius 3 is 2.29 bits per heavy atom. The van der Waals surface area contributed by atoms with Gasteiger partial charge in [0.2, 0.25) is 0 Å². The van der Waals surface area contributed by atoms with E-state index in [1.807, 2.05) is 30.3 Å². The summed E-state index contributed by atoms with van der Waals surface area (Å²) in [7, 11) is 0. The second-order valence-electron chi connectivity index (χ2n) is 6.00. The van der Waals surface area contributed by atoms with E-state index >= 15 is 0 Å². The summed E-state index contributed by atoms with van der Waals surface area (Å²) < 4.78 is 13.7. The molecule has 2 aromatic carbocycles. The van der Waals surface area contributed by atoms with Gasteiger partial charge in [0.15, 0.2) is 0 Å². The van der Waals surface area contributed by atoms with Gasteiger partial charge in [-0.3, -0.25) is 9.69 Å². The van der Waals surface area contributed by atoms with Crippen molar-refractivity contribution in [1.82, 2.24) is 9.80 Å². The molecule has 1 saturated heterocycles. The van der Waals surface area contributed by atoms with Crippen molar-refractivity contribution in [2.75, 3.05) is 32.7 Å². The van der Waals surface area contributed by atoms with E-state index in [2.05, 4.69) is 4.90 Å². The Labute approximate surface area is 141 Å². The molecule has 1 amide bonds. The number of aliphatic hydroxyl groups is 1. The van der Waals surface area contributed by atoms with Crippen LogP contribution in [0.25, 0.3) is 0 Å². The summed E-state index contributed by atoms with van der Waals surface area (Å²) in [5.41, 5.74) is 1.01. The maximum Gasteiger partial charge on any atom is 0.256 e. The van der Waals surface area contributed by atoms with E-state index in [0.29, 0.717) is 32.7 Å². The summed E-state index contributed by atoms with van der Waals surface area (Å²) in [6, 6.07) is 15.6. The van der Waals surface area contributed by atoms with Gasteiger partial charge in [-0.2, -0.15) is 0 Å². The molecular weight excluding hydrogens is 307 g/mol. The number of β-amino-alcohol motifs (C(OH)–C–C–N with tert-alkyl or cyclic N) is 1. The van der Waals surface area contributed by atoms with Crippen molar-refractivity contribution < 1.29 is 14.3 Å². The molecule has 1 fully saturated rings. The van der Waals surface area contributed by atoms with Gasteiger partial charge in [-0.1, -0.05) is 42.5 Å². The molecule has 0 aliphatic carbocycles. The Balaban J connectivity index is 1.54. The highest BCUT2D eigenvalue weighted by Crippen LogP contribution is 2.16. The third-order valence-electron chi connectivity index (χ3n) is 4.38. The number of nitrogens with zero attached hydrogens (tertiary/aromatic N) is 2. The van der Waals surface area contributed by atoms with Crippen molar-refractivity contribution in [2.45, 2.75) is 6.10 Å². The molecule has 1 heterocycles. The lowest BCUT2D eigenvalue weighted by Crippen LogP contribution is -2.49. The van der Waals surface area contributed by atoms with Crippen LogP contribution in [0.1, 0.15) is 22.0 Å². The maximum atomic E-state index is 13.7. The van der Waals surface area contributed by atoms with Gasteiger partial charge in [0, 0.05) is 32.7 Å². The average Bonchev–Trinajstić information content (AvgIpc) is 2.63. The topological polar surface area (TPSA) is 43.8 Å². The number of aliphatic hydroxyl groups excluding tert-OH is 1. The van der Waals surface area contributed by atoms with Crippen molar-refractivity contribution in [3.63, 3.8) is 0 Å². The Morgan fingerprint density at radius 2 is 1.62 bits per heavy atom. The van der Waals surface area contributed by atoms with Crippen molar-refractivity contribution in [3.05, 3.63) is 71.5 Å². The lowest BCUT2D eigenvalue weighted by atomic mass is 10.1. The van der Waals surface area contributed by atoms with Gasteiger partial charge in [-0.05, 0) is 17.7 Å². The van der Waals surface area contributed by atoms with Crippen LogP contribution in [0, 0.1) is 5.82 Å². The third-order valence-corrected chi connectivity index (χ3v) is 4.38. The fourth-order valence-electron chi connectivity index (χ4n) is 2.96. The molecule has 1 atom stereocenters. The maximum absolute atomic E-state index is 13.7. The molecule has 1 aliphatic rings. The van der Waals surface area contributed by atoms with Gasteiger partial charge < -0.3 is 10.0 Å². The quantitative estimate of drug-likeness (QED) is 0.937. The number of halogens is 1. The summed E-state index contributed by atoms with van der Waals surface area (Å²) in [5.74, 6) is -0.749. The summed E-state index contributed by atoms with van der Waals surface area (Å²) in [5, 5.41) is 10.3. The minimum Gasteiger partial charge on any atom is -0.387 e. The van der Waals surface area contributed by atoms with Gasteiger partial charge in [0.1, 0.15) is 5.82 Å². The van der Waals surface area contributed by atoms with Gasteiger partial charge in [0.25, 0.3) is 5.91 Å². The molecular formula is C19H21FN2O2. The molecule has 0 aromatic heterocycles. The Morgan fingerprint density at radius 1 is 1.00 bits per heavy atom. The van der Waals surface area contributed by atoms with Crippen molar-refractivity contribution in [3.8, 4) is 0 Å². The van der Waals surface area contributed by atoms with E-state index in [1.165, 1.54) is 12.1 Å². The first-order chi connectivity index (χ1) is 11.6. The van der Waals surface area contributed by atoms with E-state index < -0.39 is 11.9 Å². The van der Waals surface area contributed by atoms with Gasteiger partial charge in [-0.25, -0.2) is 4.39 Å². The highest BCUT2D eigenvalue weighted by Gasteiger charge is 2.25. The summed E-state index contributed by atoms with van der Waals surface area (Å²) >= 11 is 0. The average molecular weight is 328 g/mol. The van der Waals surface area contributed by atoms with Crippen LogP contribution in [0.4, 0.5) is 4.39 Å². The molecule has 1 N–H and O–H groups in total. The van der Waals surface area contributed by atoms with Crippen molar-refractivity contribution in [1.29, 1.82) is 0 Å². The van der Waals surface area contributed by atoms with E-state index in [0.717, 1.165) is 5.56 Å². The first kappa shape index (κ1) is 16.6. The summed E-state index contributed by atoms with van der Waals surface area (Å²) in [6.45, 7) is 2.95. The van der Waals surface area contributed by atoms with E-state index in [1.54, 1.807) is 17.0 Å². The Bertz CT molecular complexity index is 685. The minimum atomic E-state index is -0.542. The second kappa shape index (κ2) is 7.55. The van der Waals surface area contributed by atoms with Gasteiger partial charge in [-0.15, -0.1) is 0 Å². The first-order valence-electron chi connectivity index (χ1n) is 8.14. The lowest BCUT2D eigenvalue weighted by Gasteiger charge is -2.35. The molecule has 0 radical (unpaired) electrons. The molecule has 126 valence electrons. The Hall–Kier alpha value is -2.24. The molecule has 1 unspecified atom stereocenters. The van der Waals surface area contributed by atoms with Crippen LogP contribution < -0.4 is 0 Å². The fraction of sp³-hybridized carbons (Fsp3) is 0.316. The number of carbonyl (C=O) groups excluding carboxylic acids is 1. The van der Waals surface area contributed by atoms with Crippen LogP contribution in [0.3, 0.4) is 0 Å². The van der Waals surface area contributed by atoms with Crippen LogP contribution >= 0.6 is 0 Å². The Kier molecular flexibility index (Phi) is 5.23. The zero-order valence-electron chi connectivity index (χ0n) is 13.4. The largest absolute Gasteiger partial charge is 0.387 e. The van der Waals surface area contributed by atoms with Gasteiger partial charge in [0.05, 0.1) is 11.7 Å². The zero-order valence-corrected chi connectivity index (χ0v) is 13.4. The number of hydrogen-bond acceptors (Lipinski definition) is 3. The van der Waals surface area contributed by atoms with Crippen LogP contribution in [0.2, 0.25) is 0 Å². The van der Waals surface area contributed by atoms with E-state index in [4.69, 9.17) is 0 Å². The van der Waals surface area contributed by atoms with Gasteiger partial charge >= 0.3 is 0 Å². The van der Waals surface area contributed by atoms with Crippen molar-refractivity contribution >= 4 is 5.91 Å².